The monoisotopic (exact) mass is 342 g/mol. The van der Waals surface area contributed by atoms with Crippen molar-refractivity contribution in [1.29, 1.82) is 0 Å². The molecule has 2 aromatic rings. The highest BCUT2D eigenvalue weighted by atomic mass is 19.4. The summed E-state index contributed by atoms with van der Waals surface area (Å²) >= 11 is 0. The van der Waals surface area contributed by atoms with E-state index in [1.807, 2.05) is 20.8 Å². The second kappa shape index (κ2) is 6.04. The molecular weight excluding hydrogens is 321 g/mol. The number of ether oxygens (including phenoxy) is 1. The van der Waals surface area contributed by atoms with Gasteiger partial charge in [0.25, 0.3) is 0 Å². The summed E-state index contributed by atoms with van der Waals surface area (Å²) in [6.07, 6.45) is -3.53. The van der Waals surface area contributed by atoms with Gasteiger partial charge in [0.15, 0.2) is 11.5 Å². The molecule has 1 atom stereocenters. The molecule has 2 heterocycles. The van der Waals surface area contributed by atoms with Gasteiger partial charge in [-0.05, 0) is 24.6 Å². The standard InChI is InChI=1S/C17H21F3N2O2/c1-10(2)15-22-13-7-11(8-21-9-16(3)4-5-23-16)6-12(14(13)24-15)17(18,19)20/h6-7,10,21H,4-5,8-9H2,1-3H3. The first-order valence-electron chi connectivity index (χ1n) is 8.03. The smallest absolute Gasteiger partial charge is 0.420 e. The Morgan fingerprint density at radius 1 is 1.33 bits per heavy atom. The lowest BCUT2D eigenvalue weighted by atomic mass is 9.97. The summed E-state index contributed by atoms with van der Waals surface area (Å²) < 4.78 is 50.9. The van der Waals surface area contributed by atoms with Crippen LogP contribution in [0.25, 0.3) is 11.1 Å². The lowest BCUT2D eigenvalue weighted by Crippen LogP contribution is -2.48. The van der Waals surface area contributed by atoms with Crippen LogP contribution in [-0.2, 0) is 17.5 Å². The molecule has 3 rings (SSSR count). The molecule has 1 fully saturated rings. The molecule has 1 N–H and O–H groups in total. The zero-order chi connectivity index (χ0) is 17.5. The quantitative estimate of drug-likeness (QED) is 0.883. The Hall–Kier alpha value is -1.60. The van der Waals surface area contributed by atoms with E-state index in [1.54, 1.807) is 6.07 Å². The summed E-state index contributed by atoms with van der Waals surface area (Å²) in [5, 5.41) is 3.17. The number of hydrogen-bond acceptors (Lipinski definition) is 4. The number of oxazole rings is 1. The van der Waals surface area contributed by atoms with Gasteiger partial charge in [-0.3, -0.25) is 0 Å². The van der Waals surface area contributed by atoms with Gasteiger partial charge in [-0.2, -0.15) is 13.2 Å². The summed E-state index contributed by atoms with van der Waals surface area (Å²) in [7, 11) is 0. The fourth-order valence-corrected chi connectivity index (χ4v) is 2.73. The van der Waals surface area contributed by atoms with Crippen molar-refractivity contribution in [2.75, 3.05) is 13.2 Å². The van der Waals surface area contributed by atoms with E-state index in [-0.39, 0.29) is 22.6 Å². The van der Waals surface area contributed by atoms with Gasteiger partial charge in [0.2, 0.25) is 0 Å². The first kappa shape index (κ1) is 17.2. The number of benzene rings is 1. The molecule has 1 aromatic heterocycles. The predicted molar refractivity (Wildman–Crippen MR) is 83.8 cm³/mol. The van der Waals surface area contributed by atoms with Crippen molar-refractivity contribution in [2.45, 2.75) is 51.4 Å². The van der Waals surface area contributed by atoms with Crippen LogP contribution in [0.5, 0.6) is 0 Å². The first-order chi connectivity index (χ1) is 11.2. The Bertz CT molecular complexity index is 733. The van der Waals surface area contributed by atoms with E-state index < -0.39 is 11.7 Å². The number of hydrogen-bond donors (Lipinski definition) is 1. The fourth-order valence-electron chi connectivity index (χ4n) is 2.73. The van der Waals surface area contributed by atoms with Gasteiger partial charge in [-0.15, -0.1) is 0 Å². The third-order valence-corrected chi connectivity index (χ3v) is 4.28. The highest BCUT2D eigenvalue weighted by molar-refractivity contribution is 5.78. The maximum absolute atomic E-state index is 13.4. The van der Waals surface area contributed by atoms with Gasteiger partial charge >= 0.3 is 6.18 Å². The molecule has 0 aliphatic carbocycles. The third kappa shape index (κ3) is 3.42. The minimum absolute atomic E-state index is 0.0734. The summed E-state index contributed by atoms with van der Waals surface area (Å²) in [4.78, 5) is 4.21. The molecule has 4 nitrogen and oxygen atoms in total. The van der Waals surface area contributed by atoms with Crippen LogP contribution in [-0.4, -0.2) is 23.7 Å². The van der Waals surface area contributed by atoms with E-state index in [4.69, 9.17) is 9.15 Å². The Kier molecular flexibility index (Phi) is 4.34. The van der Waals surface area contributed by atoms with Crippen molar-refractivity contribution in [3.05, 3.63) is 29.2 Å². The van der Waals surface area contributed by atoms with Crippen molar-refractivity contribution < 1.29 is 22.3 Å². The van der Waals surface area contributed by atoms with Crippen LogP contribution >= 0.6 is 0 Å². The molecule has 0 radical (unpaired) electrons. The van der Waals surface area contributed by atoms with E-state index in [0.29, 0.717) is 24.5 Å². The minimum atomic E-state index is -4.48. The lowest BCUT2D eigenvalue weighted by molar-refractivity contribution is -0.137. The molecular formula is C17H21F3N2O2. The SMILES string of the molecule is CC(C)c1nc2cc(CNCC3(C)CCO3)cc(C(F)(F)F)c2o1. The maximum Gasteiger partial charge on any atom is 0.420 e. The van der Waals surface area contributed by atoms with Crippen LogP contribution in [0.4, 0.5) is 13.2 Å². The molecule has 1 aliphatic rings. The number of fused-ring (bicyclic) bond motifs is 1. The summed E-state index contributed by atoms with van der Waals surface area (Å²) in [5.41, 5.74) is -0.403. The molecule has 0 bridgehead atoms. The second-order valence-corrected chi connectivity index (χ2v) is 6.85. The van der Waals surface area contributed by atoms with Crippen LogP contribution in [0.2, 0.25) is 0 Å². The lowest BCUT2D eigenvalue weighted by Gasteiger charge is -2.38. The topological polar surface area (TPSA) is 47.3 Å². The van der Waals surface area contributed by atoms with Crippen LogP contribution in [0, 0.1) is 0 Å². The molecule has 1 aromatic carbocycles. The average molecular weight is 342 g/mol. The highest BCUT2D eigenvalue weighted by Gasteiger charge is 2.36. The van der Waals surface area contributed by atoms with Crippen molar-refractivity contribution in [2.24, 2.45) is 0 Å². The molecule has 24 heavy (non-hydrogen) atoms. The number of aromatic nitrogens is 1. The minimum Gasteiger partial charge on any atom is -0.440 e. The number of halogens is 3. The third-order valence-electron chi connectivity index (χ3n) is 4.28. The van der Waals surface area contributed by atoms with E-state index in [1.165, 1.54) is 0 Å². The zero-order valence-electron chi connectivity index (χ0n) is 14.0. The van der Waals surface area contributed by atoms with E-state index >= 15 is 0 Å². The largest absolute Gasteiger partial charge is 0.440 e. The number of nitrogens with one attached hydrogen (secondary N) is 1. The van der Waals surface area contributed by atoms with Crippen LogP contribution < -0.4 is 5.32 Å². The normalized spacial score (nSPS) is 21.5. The maximum atomic E-state index is 13.4. The second-order valence-electron chi connectivity index (χ2n) is 6.85. The highest BCUT2D eigenvalue weighted by Crippen LogP contribution is 2.37. The van der Waals surface area contributed by atoms with Gasteiger partial charge < -0.3 is 14.5 Å². The van der Waals surface area contributed by atoms with Gasteiger partial charge in [-0.25, -0.2) is 4.98 Å². The Labute approximate surface area is 138 Å². The van der Waals surface area contributed by atoms with Crippen LogP contribution in [0.3, 0.4) is 0 Å². The molecule has 7 heteroatoms. The number of nitrogens with zero attached hydrogens (tertiary/aromatic N) is 1. The molecule has 1 unspecified atom stereocenters. The first-order valence-corrected chi connectivity index (χ1v) is 8.03. The van der Waals surface area contributed by atoms with E-state index in [9.17, 15) is 13.2 Å². The van der Waals surface area contributed by atoms with Crippen molar-refractivity contribution >= 4 is 11.1 Å². The van der Waals surface area contributed by atoms with E-state index in [0.717, 1.165) is 19.1 Å². The average Bonchev–Trinajstić information content (AvgIpc) is 2.87. The summed E-state index contributed by atoms with van der Waals surface area (Å²) in [6, 6.07) is 2.78. The Balaban J connectivity index is 1.87. The molecule has 0 spiro atoms. The number of alkyl halides is 3. The van der Waals surface area contributed by atoms with Crippen LogP contribution in [0.15, 0.2) is 16.5 Å². The van der Waals surface area contributed by atoms with Gasteiger partial charge in [-0.1, -0.05) is 13.8 Å². The fraction of sp³-hybridized carbons (Fsp3) is 0.588. The van der Waals surface area contributed by atoms with Crippen molar-refractivity contribution in [3.8, 4) is 0 Å². The van der Waals surface area contributed by atoms with Gasteiger partial charge in [0, 0.05) is 25.4 Å². The molecule has 1 aliphatic heterocycles. The van der Waals surface area contributed by atoms with Crippen LogP contribution in [0.1, 0.15) is 50.1 Å². The Morgan fingerprint density at radius 3 is 2.58 bits per heavy atom. The van der Waals surface area contributed by atoms with Gasteiger partial charge in [0.1, 0.15) is 11.1 Å². The summed E-state index contributed by atoms with van der Waals surface area (Å²) in [6.45, 7) is 7.31. The zero-order valence-corrected chi connectivity index (χ0v) is 14.0. The molecule has 0 saturated carbocycles. The van der Waals surface area contributed by atoms with E-state index in [2.05, 4.69) is 10.3 Å². The predicted octanol–water partition coefficient (Wildman–Crippen LogP) is 4.24. The summed E-state index contributed by atoms with van der Waals surface area (Å²) in [5.74, 6) is 0.242. The van der Waals surface area contributed by atoms with Gasteiger partial charge in [0.05, 0.1) is 12.2 Å². The Morgan fingerprint density at radius 2 is 2.04 bits per heavy atom. The van der Waals surface area contributed by atoms with Crippen molar-refractivity contribution in [1.82, 2.24) is 10.3 Å². The van der Waals surface area contributed by atoms with Crippen molar-refractivity contribution in [3.63, 3.8) is 0 Å². The molecule has 0 amide bonds. The number of rotatable bonds is 5. The molecule has 132 valence electrons. The molecule has 1 saturated heterocycles.